The number of nitrogens with one attached hydrogen (secondary N) is 2. The third-order valence-electron chi connectivity index (χ3n) is 3.61. The van der Waals surface area contributed by atoms with E-state index in [-0.39, 0.29) is 12.3 Å². The number of fused-ring (bicyclic) bond motifs is 1. The van der Waals surface area contributed by atoms with Crippen LogP contribution in [0.1, 0.15) is 37.8 Å². The Labute approximate surface area is 154 Å². The van der Waals surface area contributed by atoms with Gasteiger partial charge in [-0.3, -0.25) is 19.8 Å². The first-order valence-electron chi connectivity index (χ1n) is 7.83. The number of amides is 2. The lowest BCUT2D eigenvalue weighted by Gasteiger charge is -2.06. The van der Waals surface area contributed by atoms with Crippen LogP contribution in [0.25, 0.3) is 10.9 Å². The first-order valence-corrected chi connectivity index (χ1v) is 8.91. The molecule has 0 saturated heterocycles. The van der Waals surface area contributed by atoms with E-state index < -0.39 is 5.91 Å². The molecule has 0 bridgehead atoms. The second-order valence-electron chi connectivity index (χ2n) is 5.51. The van der Waals surface area contributed by atoms with Crippen molar-refractivity contribution >= 4 is 45.3 Å². The number of carbonyl (C=O) groups excluding carboxylic acids is 2. The van der Waals surface area contributed by atoms with E-state index in [1.54, 1.807) is 5.48 Å². The van der Waals surface area contributed by atoms with E-state index in [1.807, 2.05) is 24.3 Å². The van der Waals surface area contributed by atoms with E-state index in [4.69, 9.17) is 5.21 Å². The summed E-state index contributed by atoms with van der Waals surface area (Å²) in [5.74, 6) is -0.414. The molecule has 0 atom stereocenters. The van der Waals surface area contributed by atoms with E-state index in [1.165, 1.54) is 3.57 Å². The van der Waals surface area contributed by atoms with Crippen molar-refractivity contribution in [3.8, 4) is 0 Å². The molecule has 128 valence electrons. The molecule has 0 aliphatic heterocycles. The minimum Gasteiger partial charge on any atom is -0.350 e. The van der Waals surface area contributed by atoms with Gasteiger partial charge in [-0.05, 0) is 59.7 Å². The second kappa shape index (κ2) is 9.53. The van der Waals surface area contributed by atoms with E-state index in [9.17, 15) is 9.59 Å². The molecule has 0 fully saturated rings. The van der Waals surface area contributed by atoms with Crippen molar-refractivity contribution in [1.29, 1.82) is 0 Å². The van der Waals surface area contributed by atoms with Gasteiger partial charge in [0.2, 0.25) is 11.8 Å². The smallest absolute Gasteiger partial charge is 0.243 e. The van der Waals surface area contributed by atoms with Crippen LogP contribution in [0.15, 0.2) is 30.3 Å². The quantitative estimate of drug-likeness (QED) is 0.254. The minimum atomic E-state index is -0.392. The van der Waals surface area contributed by atoms with Gasteiger partial charge in [0.25, 0.3) is 0 Å². The zero-order chi connectivity index (χ0) is 17.4. The Morgan fingerprint density at radius 2 is 1.79 bits per heavy atom. The summed E-state index contributed by atoms with van der Waals surface area (Å²) >= 11 is 2.27. The van der Waals surface area contributed by atoms with Crippen molar-refractivity contribution in [2.75, 3.05) is 0 Å². The highest BCUT2D eigenvalue weighted by Gasteiger charge is 2.04. The number of hydroxylamine groups is 1. The topological polar surface area (TPSA) is 91.3 Å². The zero-order valence-corrected chi connectivity index (χ0v) is 15.4. The summed E-state index contributed by atoms with van der Waals surface area (Å²) in [6, 6.07) is 9.99. The number of hydrogen-bond acceptors (Lipinski definition) is 4. The van der Waals surface area contributed by atoms with Crippen LogP contribution in [0.3, 0.4) is 0 Å². The maximum atomic E-state index is 11.8. The average molecular weight is 441 g/mol. The summed E-state index contributed by atoms with van der Waals surface area (Å²) < 4.78 is 1.17. The molecule has 2 amide bonds. The number of halogens is 1. The molecule has 0 aliphatic rings. The Kier molecular flexibility index (Phi) is 7.38. The largest absolute Gasteiger partial charge is 0.350 e. The SMILES string of the molecule is O=C(CCCCCC(=O)NCc1ccc2cc(I)ccc2n1)NO. The van der Waals surface area contributed by atoms with Crippen molar-refractivity contribution in [1.82, 2.24) is 15.8 Å². The third kappa shape index (κ3) is 6.04. The number of benzene rings is 1. The highest BCUT2D eigenvalue weighted by molar-refractivity contribution is 14.1. The van der Waals surface area contributed by atoms with E-state index in [0.717, 1.165) is 23.0 Å². The van der Waals surface area contributed by atoms with Crippen molar-refractivity contribution in [3.05, 3.63) is 39.6 Å². The van der Waals surface area contributed by atoms with Gasteiger partial charge in [-0.1, -0.05) is 12.5 Å². The summed E-state index contributed by atoms with van der Waals surface area (Å²) in [6.45, 7) is 0.410. The molecule has 3 N–H and O–H groups in total. The van der Waals surface area contributed by atoms with Crippen LogP contribution in [0.2, 0.25) is 0 Å². The number of pyridine rings is 1. The highest BCUT2D eigenvalue weighted by atomic mass is 127. The van der Waals surface area contributed by atoms with Crippen LogP contribution in [-0.4, -0.2) is 22.0 Å². The highest BCUT2D eigenvalue weighted by Crippen LogP contribution is 2.16. The summed E-state index contributed by atoms with van der Waals surface area (Å²) in [6.07, 6.45) is 2.84. The van der Waals surface area contributed by atoms with E-state index >= 15 is 0 Å². The summed E-state index contributed by atoms with van der Waals surface area (Å²) in [7, 11) is 0. The van der Waals surface area contributed by atoms with Crippen molar-refractivity contribution in [3.63, 3.8) is 0 Å². The number of rotatable bonds is 8. The Balaban J connectivity index is 1.72. The molecule has 0 radical (unpaired) electrons. The predicted octanol–water partition coefficient (Wildman–Crippen LogP) is 2.91. The van der Waals surface area contributed by atoms with Gasteiger partial charge in [0.15, 0.2) is 0 Å². The number of nitrogens with zero attached hydrogens (tertiary/aromatic N) is 1. The van der Waals surface area contributed by atoms with Gasteiger partial charge < -0.3 is 5.32 Å². The Morgan fingerprint density at radius 3 is 2.54 bits per heavy atom. The summed E-state index contributed by atoms with van der Waals surface area (Å²) in [5, 5.41) is 12.3. The maximum absolute atomic E-state index is 11.8. The minimum absolute atomic E-state index is 0.0221. The summed E-state index contributed by atoms with van der Waals surface area (Å²) in [4.78, 5) is 27.2. The lowest BCUT2D eigenvalue weighted by molar-refractivity contribution is -0.129. The lowest BCUT2D eigenvalue weighted by Crippen LogP contribution is -2.23. The molecular formula is C17H20IN3O3. The van der Waals surface area contributed by atoms with Crippen LogP contribution < -0.4 is 10.8 Å². The van der Waals surface area contributed by atoms with Gasteiger partial charge in [0.1, 0.15) is 0 Å². The van der Waals surface area contributed by atoms with Crippen molar-refractivity contribution in [2.45, 2.75) is 38.6 Å². The van der Waals surface area contributed by atoms with Crippen LogP contribution in [0.5, 0.6) is 0 Å². The van der Waals surface area contributed by atoms with Gasteiger partial charge in [0.05, 0.1) is 17.8 Å². The van der Waals surface area contributed by atoms with Crippen LogP contribution in [-0.2, 0) is 16.1 Å². The normalized spacial score (nSPS) is 10.6. The van der Waals surface area contributed by atoms with Crippen molar-refractivity contribution in [2.24, 2.45) is 0 Å². The molecule has 0 saturated carbocycles. The Bertz CT molecular complexity index is 721. The number of hydrogen-bond donors (Lipinski definition) is 3. The fraction of sp³-hybridized carbons (Fsp3) is 0.353. The molecule has 0 unspecified atom stereocenters. The fourth-order valence-electron chi connectivity index (χ4n) is 2.32. The van der Waals surface area contributed by atoms with Crippen LogP contribution >= 0.6 is 22.6 Å². The van der Waals surface area contributed by atoms with Gasteiger partial charge in [0, 0.05) is 21.8 Å². The van der Waals surface area contributed by atoms with Crippen molar-refractivity contribution < 1.29 is 14.8 Å². The van der Waals surface area contributed by atoms with Crippen LogP contribution in [0, 0.1) is 3.57 Å². The third-order valence-corrected chi connectivity index (χ3v) is 4.28. The number of aromatic nitrogens is 1. The van der Waals surface area contributed by atoms with Gasteiger partial charge in [-0.15, -0.1) is 0 Å². The maximum Gasteiger partial charge on any atom is 0.243 e. The standard InChI is InChI=1S/C17H20IN3O3/c18-13-7-9-15-12(10-13)6-8-14(20-15)11-19-16(22)4-2-1-3-5-17(23)21-24/h6-10,24H,1-5,11H2,(H,19,22)(H,21,23). The van der Waals surface area contributed by atoms with Gasteiger partial charge in [-0.25, -0.2) is 5.48 Å². The summed E-state index contributed by atoms with van der Waals surface area (Å²) in [5.41, 5.74) is 3.34. The zero-order valence-electron chi connectivity index (χ0n) is 13.2. The van der Waals surface area contributed by atoms with Gasteiger partial charge in [-0.2, -0.15) is 0 Å². The Morgan fingerprint density at radius 1 is 1.04 bits per heavy atom. The van der Waals surface area contributed by atoms with Gasteiger partial charge >= 0.3 is 0 Å². The van der Waals surface area contributed by atoms with E-state index in [2.05, 4.69) is 39.0 Å². The Hall–Kier alpha value is -1.74. The van der Waals surface area contributed by atoms with Crippen LogP contribution in [0.4, 0.5) is 0 Å². The number of carbonyl (C=O) groups is 2. The molecule has 6 nitrogen and oxygen atoms in total. The number of unbranched alkanes of at least 4 members (excludes halogenated alkanes) is 2. The fourth-order valence-corrected chi connectivity index (χ4v) is 2.83. The first kappa shape index (κ1) is 18.6. The molecule has 24 heavy (non-hydrogen) atoms. The lowest BCUT2D eigenvalue weighted by atomic mass is 10.1. The predicted molar refractivity (Wildman–Crippen MR) is 99.3 cm³/mol. The molecule has 7 heteroatoms. The molecule has 1 heterocycles. The molecule has 1 aromatic carbocycles. The average Bonchev–Trinajstić information content (AvgIpc) is 2.59. The molecule has 1 aromatic heterocycles. The second-order valence-corrected chi connectivity index (χ2v) is 6.76. The molecule has 2 rings (SSSR count). The molecular weight excluding hydrogens is 421 g/mol. The molecule has 2 aromatic rings. The monoisotopic (exact) mass is 441 g/mol. The molecule has 0 spiro atoms. The first-order chi connectivity index (χ1) is 11.6. The van der Waals surface area contributed by atoms with E-state index in [0.29, 0.717) is 25.8 Å². The molecule has 0 aliphatic carbocycles.